The number of rotatable bonds is 3. The molecule has 1 saturated carbocycles. The molecule has 5 rings (SSSR count). The number of carbonyl (C=O) groups is 2. The molecule has 0 N–H and O–H groups in total. The molecule has 0 aromatic heterocycles. The molecule has 2 fully saturated rings. The van der Waals surface area contributed by atoms with Gasteiger partial charge in [-0.2, -0.15) is 0 Å². The van der Waals surface area contributed by atoms with E-state index in [-0.39, 0.29) is 29.9 Å². The summed E-state index contributed by atoms with van der Waals surface area (Å²) in [6.45, 7) is 3.50. The number of aliphatic imine (C=N–C) groups is 1. The second-order valence-corrected chi connectivity index (χ2v) is 7.88. The molecule has 0 radical (unpaired) electrons. The van der Waals surface area contributed by atoms with E-state index in [0.717, 1.165) is 38.2 Å². The molecule has 0 unspecified atom stereocenters. The van der Waals surface area contributed by atoms with Crippen molar-refractivity contribution >= 4 is 23.1 Å². The second kappa shape index (κ2) is 6.30. The van der Waals surface area contributed by atoms with Crippen LogP contribution in [0.1, 0.15) is 31.2 Å². The summed E-state index contributed by atoms with van der Waals surface area (Å²) < 4.78 is 5.37. The Hall–Kier alpha value is -2.47. The third-order valence-electron chi connectivity index (χ3n) is 6.01. The number of hydrogen-bond acceptors (Lipinski definition) is 5. The third kappa shape index (κ3) is 2.98. The van der Waals surface area contributed by atoms with Gasteiger partial charge in [0.2, 0.25) is 5.91 Å². The number of ketones is 1. The van der Waals surface area contributed by atoms with Crippen LogP contribution in [0.5, 0.6) is 0 Å². The third-order valence-corrected chi connectivity index (χ3v) is 6.01. The van der Waals surface area contributed by atoms with Gasteiger partial charge in [0.15, 0.2) is 5.78 Å². The van der Waals surface area contributed by atoms with Gasteiger partial charge < -0.3 is 14.5 Å². The summed E-state index contributed by atoms with van der Waals surface area (Å²) in [7, 11) is 0. The smallest absolute Gasteiger partial charge is 0.232 e. The Kier molecular flexibility index (Phi) is 3.90. The number of amides is 1. The van der Waals surface area contributed by atoms with Gasteiger partial charge >= 0.3 is 0 Å². The molecule has 1 spiro atoms. The fourth-order valence-electron chi connectivity index (χ4n) is 4.39. The summed E-state index contributed by atoms with van der Waals surface area (Å²) >= 11 is 0. The number of fused-ring (bicyclic) bond motifs is 2. The quantitative estimate of drug-likeness (QED) is 0.822. The van der Waals surface area contributed by atoms with Crippen molar-refractivity contribution < 1.29 is 14.3 Å². The summed E-state index contributed by atoms with van der Waals surface area (Å²) in [6.07, 6.45) is 4.34. The van der Waals surface area contributed by atoms with Gasteiger partial charge in [0, 0.05) is 48.9 Å². The van der Waals surface area contributed by atoms with Gasteiger partial charge in [-0.3, -0.25) is 9.59 Å². The fraction of sp³-hybridized carbons (Fsp3) is 0.476. The van der Waals surface area contributed by atoms with E-state index in [0.29, 0.717) is 24.7 Å². The van der Waals surface area contributed by atoms with Gasteiger partial charge in [-0.05, 0) is 24.5 Å². The molecule has 3 aliphatic heterocycles. The maximum atomic E-state index is 13.1. The molecule has 27 heavy (non-hydrogen) atoms. The van der Waals surface area contributed by atoms with Crippen LogP contribution in [0.4, 0.5) is 5.69 Å². The summed E-state index contributed by atoms with van der Waals surface area (Å²) in [5.74, 6) is 0.744. The lowest BCUT2D eigenvalue weighted by Crippen LogP contribution is -2.37. The number of anilines is 1. The van der Waals surface area contributed by atoms with Crippen LogP contribution in [0.15, 0.2) is 41.2 Å². The first kappa shape index (κ1) is 16.7. The van der Waals surface area contributed by atoms with Gasteiger partial charge in [-0.15, -0.1) is 0 Å². The number of para-hydroxylation sites is 1. The van der Waals surface area contributed by atoms with Crippen LogP contribution in [0.2, 0.25) is 0 Å². The highest BCUT2D eigenvalue weighted by atomic mass is 16.5. The minimum atomic E-state index is 0.0229. The van der Waals surface area contributed by atoms with Crippen LogP contribution in [0.25, 0.3) is 0 Å². The second-order valence-electron chi connectivity index (χ2n) is 7.88. The van der Waals surface area contributed by atoms with Crippen molar-refractivity contribution in [2.75, 3.05) is 37.7 Å². The van der Waals surface area contributed by atoms with Crippen LogP contribution in [0.3, 0.4) is 0 Å². The summed E-state index contributed by atoms with van der Waals surface area (Å²) in [5, 5.41) is 0. The van der Waals surface area contributed by atoms with Crippen LogP contribution in [-0.2, 0) is 19.7 Å². The Morgan fingerprint density at radius 2 is 1.96 bits per heavy atom. The first-order valence-corrected chi connectivity index (χ1v) is 9.68. The van der Waals surface area contributed by atoms with Crippen LogP contribution < -0.4 is 4.90 Å². The van der Waals surface area contributed by atoms with Crippen molar-refractivity contribution in [1.82, 2.24) is 4.90 Å². The SMILES string of the molecule is O=C1C=C(N2CCOCC2)N=C(CC(=O)N2CC3(CC3)c3ccccc32)C1. The predicted octanol–water partition coefficient (Wildman–Crippen LogP) is 2.04. The Balaban J connectivity index is 1.34. The Morgan fingerprint density at radius 1 is 1.19 bits per heavy atom. The van der Waals surface area contributed by atoms with Crippen molar-refractivity contribution in [1.29, 1.82) is 0 Å². The van der Waals surface area contributed by atoms with E-state index in [2.05, 4.69) is 22.0 Å². The largest absolute Gasteiger partial charge is 0.378 e. The Bertz CT molecular complexity index is 863. The molecule has 0 bridgehead atoms. The lowest BCUT2D eigenvalue weighted by Gasteiger charge is -2.30. The maximum absolute atomic E-state index is 13.1. The molecule has 3 heterocycles. The number of allylic oxidation sites excluding steroid dienone is 1. The molecule has 1 saturated heterocycles. The molecule has 1 amide bonds. The molecule has 1 aromatic carbocycles. The highest BCUT2D eigenvalue weighted by Crippen LogP contribution is 2.56. The molecule has 140 valence electrons. The van der Waals surface area contributed by atoms with Gasteiger partial charge in [0.25, 0.3) is 0 Å². The van der Waals surface area contributed by atoms with E-state index in [1.165, 1.54) is 5.56 Å². The van der Waals surface area contributed by atoms with Gasteiger partial charge in [0.05, 0.1) is 19.6 Å². The molecular formula is C21H23N3O3. The minimum Gasteiger partial charge on any atom is -0.378 e. The number of benzene rings is 1. The van der Waals surface area contributed by atoms with Crippen molar-refractivity contribution in [3.05, 3.63) is 41.7 Å². The monoisotopic (exact) mass is 365 g/mol. The van der Waals surface area contributed by atoms with E-state index >= 15 is 0 Å². The van der Waals surface area contributed by atoms with Crippen molar-refractivity contribution in [2.45, 2.75) is 31.1 Å². The van der Waals surface area contributed by atoms with Gasteiger partial charge in [0.1, 0.15) is 5.82 Å². The lowest BCUT2D eigenvalue weighted by atomic mass is 9.99. The van der Waals surface area contributed by atoms with Crippen molar-refractivity contribution in [2.24, 2.45) is 4.99 Å². The first-order chi connectivity index (χ1) is 13.1. The van der Waals surface area contributed by atoms with Gasteiger partial charge in [-0.1, -0.05) is 18.2 Å². The lowest BCUT2D eigenvalue weighted by molar-refractivity contribution is -0.117. The Morgan fingerprint density at radius 3 is 2.74 bits per heavy atom. The van der Waals surface area contributed by atoms with E-state index in [1.54, 1.807) is 6.08 Å². The fourth-order valence-corrected chi connectivity index (χ4v) is 4.39. The van der Waals surface area contributed by atoms with Crippen molar-refractivity contribution in [3.8, 4) is 0 Å². The zero-order valence-electron chi connectivity index (χ0n) is 15.3. The molecular weight excluding hydrogens is 342 g/mol. The van der Waals surface area contributed by atoms with E-state index in [1.807, 2.05) is 17.0 Å². The molecule has 0 atom stereocenters. The van der Waals surface area contributed by atoms with Crippen LogP contribution in [-0.4, -0.2) is 55.2 Å². The minimum absolute atomic E-state index is 0.0229. The highest BCUT2D eigenvalue weighted by molar-refractivity contribution is 6.16. The molecule has 6 heteroatoms. The summed E-state index contributed by atoms with van der Waals surface area (Å²) in [6, 6.07) is 8.22. The molecule has 1 aromatic rings. The summed E-state index contributed by atoms with van der Waals surface area (Å²) in [4.78, 5) is 33.9. The summed E-state index contributed by atoms with van der Waals surface area (Å²) in [5.41, 5.74) is 3.18. The van der Waals surface area contributed by atoms with E-state index in [4.69, 9.17) is 4.74 Å². The Labute approximate surface area is 158 Å². The standard InChI is InChI=1S/C21H23N3O3/c25-16-11-15(22-19(13-16)23-7-9-27-10-8-23)12-20(26)24-14-21(5-6-21)17-3-1-2-4-18(17)24/h1-4,13H,5-12,14H2. The molecule has 1 aliphatic carbocycles. The van der Waals surface area contributed by atoms with Crippen LogP contribution in [0, 0.1) is 0 Å². The van der Waals surface area contributed by atoms with Crippen molar-refractivity contribution in [3.63, 3.8) is 0 Å². The molecule has 6 nitrogen and oxygen atoms in total. The zero-order chi connectivity index (χ0) is 18.4. The first-order valence-electron chi connectivity index (χ1n) is 9.68. The predicted molar refractivity (Wildman–Crippen MR) is 102 cm³/mol. The van der Waals surface area contributed by atoms with Gasteiger partial charge in [-0.25, -0.2) is 4.99 Å². The zero-order valence-corrected chi connectivity index (χ0v) is 15.3. The number of nitrogens with zero attached hydrogens (tertiary/aromatic N) is 3. The van der Waals surface area contributed by atoms with Crippen LogP contribution >= 0.6 is 0 Å². The topological polar surface area (TPSA) is 62.2 Å². The number of morpholine rings is 1. The average molecular weight is 365 g/mol. The average Bonchev–Trinajstić information content (AvgIpc) is 3.39. The highest BCUT2D eigenvalue weighted by Gasteiger charge is 2.52. The van der Waals surface area contributed by atoms with E-state index < -0.39 is 0 Å². The normalized spacial score (nSPS) is 23.2. The number of hydrogen-bond donors (Lipinski definition) is 0. The maximum Gasteiger partial charge on any atom is 0.232 e. The van der Waals surface area contributed by atoms with E-state index in [9.17, 15) is 9.59 Å². The molecule has 4 aliphatic rings. The number of ether oxygens (including phenoxy) is 1. The number of carbonyl (C=O) groups excluding carboxylic acids is 2.